The first-order chi connectivity index (χ1) is 14.8. The number of halogens is 2. The van der Waals surface area contributed by atoms with Gasteiger partial charge in [-0.25, -0.2) is 8.78 Å². The molecule has 0 saturated heterocycles. The lowest BCUT2D eigenvalue weighted by Gasteiger charge is -2.12. The standard InChI is InChI=1S/C21H15F2N3O5/c22-17-8-6-13(10-18(17)23)25-20(27)12-24-21(28)16-11-14(26(29)30)7-9-19(16)31-15-4-2-1-3-5-15/h1-11H,12H2,(H,24,28)(H,25,27). The Kier molecular flexibility index (Phi) is 6.51. The van der Waals surface area contributed by atoms with Crippen LogP contribution in [-0.4, -0.2) is 23.3 Å². The summed E-state index contributed by atoms with van der Waals surface area (Å²) in [6.45, 7) is -0.523. The maximum absolute atomic E-state index is 13.2. The molecule has 3 rings (SSSR count). The quantitative estimate of drug-likeness (QED) is 0.437. The van der Waals surface area contributed by atoms with Crippen molar-refractivity contribution in [2.45, 2.75) is 0 Å². The van der Waals surface area contributed by atoms with E-state index in [0.717, 1.165) is 24.3 Å². The molecule has 0 saturated carbocycles. The van der Waals surface area contributed by atoms with E-state index in [1.165, 1.54) is 12.1 Å². The number of nitrogens with one attached hydrogen (secondary N) is 2. The van der Waals surface area contributed by atoms with Crippen LogP contribution in [0.4, 0.5) is 20.2 Å². The van der Waals surface area contributed by atoms with Crippen molar-refractivity contribution in [3.63, 3.8) is 0 Å². The minimum absolute atomic E-state index is 0.00148. The minimum atomic E-state index is -1.14. The summed E-state index contributed by atoms with van der Waals surface area (Å²) in [5.41, 5.74) is -0.489. The zero-order valence-corrected chi connectivity index (χ0v) is 15.8. The Balaban J connectivity index is 1.72. The van der Waals surface area contributed by atoms with E-state index in [9.17, 15) is 28.5 Å². The van der Waals surface area contributed by atoms with Crippen LogP contribution in [0, 0.1) is 21.7 Å². The van der Waals surface area contributed by atoms with Gasteiger partial charge in [0.1, 0.15) is 11.5 Å². The number of nitro benzene ring substituents is 1. The molecule has 2 N–H and O–H groups in total. The summed E-state index contributed by atoms with van der Waals surface area (Å²) in [5, 5.41) is 15.7. The summed E-state index contributed by atoms with van der Waals surface area (Å²) < 4.78 is 31.8. The molecule has 0 aliphatic carbocycles. The van der Waals surface area contributed by atoms with Crippen molar-refractivity contribution in [1.29, 1.82) is 0 Å². The number of nitro groups is 1. The highest BCUT2D eigenvalue weighted by molar-refractivity contribution is 6.01. The molecule has 0 fully saturated rings. The van der Waals surface area contributed by atoms with Crippen LogP contribution in [0.25, 0.3) is 0 Å². The van der Waals surface area contributed by atoms with E-state index in [0.29, 0.717) is 5.75 Å². The smallest absolute Gasteiger partial charge is 0.270 e. The van der Waals surface area contributed by atoms with E-state index in [-0.39, 0.29) is 22.7 Å². The van der Waals surface area contributed by atoms with Crippen LogP contribution in [0.2, 0.25) is 0 Å². The van der Waals surface area contributed by atoms with Gasteiger partial charge >= 0.3 is 0 Å². The highest BCUT2D eigenvalue weighted by Gasteiger charge is 2.19. The fourth-order valence-electron chi connectivity index (χ4n) is 2.55. The highest BCUT2D eigenvalue weighted by atomic mass is 19.2. The highest BCUT2D eigenvalue weighted by Crippen LogP contribution is 2.28. The number of hydrogen-bond acceptors (Lipinski definition) is 5. The average molecular weight is 427 g/mol. The van der Waals surface area contributed by atoms with E-state index in [2.05, 4.69) is 10.6 Å². The van der Waals surface area contributed by atoms with Crippen molar-refractivity contribution in [2.24, 2.45) is 0 Å². The Morgan fingerprint density at radius 2 is 1.71 bits per heavy atom. The lowest BCUT2D eigenvalue weighted by atomic mass is 10.1. The number of hydrogen-bond donors (Lipinski definition) is 2. The number of carbonyl (C=O) groups excluding carboxylic acids is 2. The fourth-order valence-corrected chi connectivity index (χ4v) is 2.55. The SMILES string of the molecule is O=C(CNC(=O)c1cc([N+](=O)[O-])ccc1Oc1ccccc1)Nc1ccc(F)c(F)c1. The van der Waals surface area contributed by atoms with Crippen molar-refractivity contribution >= 4 is 23.2 Å². The molecule has 158 valence electrons. The number of benzene rings is 3. The second kappa shape index (κ2) is 9.44. The molecule has 10 heteroatoms. The fraction of sp³-hybridized carbons (Fsp3) is 0.0476. The Hall–Kier alpha value is -4.34. The molecular weight excluding hydrogens is 412 g/mol. The van der Waals surface area contributed by atoms with Crippen molar-refractivity contribution < 1.29 is 28.0 Å². The maximum Gasteiger partial charge on any atom is 0.270 e. The van der Waals surface area contributed by atoms with Gasteiger partial charge in [-0.15, -0.1) is 0 Å². The molecule has 3 aromatic rings. The molecule has 0 heterocycles. The summed E-state index contributed by atoms with van der Waals surface area (Å²) in [4.78, 5) is 35.0. The summed E-state index contributed by atoms with van der Waals surface area (Å²) in [6.07, 6.45) is 0. The van der Waals surface area contributed by atoms with E-state index in [4.69, 9.17) is 4.74 Å². The molecule has 0 spiro atoms. The number of non-ortho nitro benzene ring substituents is 1. The molecule has 3 aromatic carbocycles. The monoisotopic (exact) mass is 427 g/mol. The zero-order valence-electron chi connectivity index (χ0n) is 15.8. The zero-order chi connectivity index (χ0) is 22.4. The number of para-hydroxylation sites is 1. The predicted octanol–water partition coefficient (Wildman–Crippen LogP) is 4.03. The van der Waals surface area contributed by atoms with Gasteiger partial charge in [0, 0.05) is 23.9 Å². The van der Waals surface area contributed by atoms with Gasteiger partial charge in [-0.2, -0.15) is 0 Å². The van der Waals surface area contributed by atoms with E-state index >= 15 is 0 Å². The Morgan fingerprint density at radius 3 is 2.39 bits per heavy atom. The molecule has 0 radical (unpaired) electrons. The predicted molar refractivity (Wildman–Crippen MR) is 107 cm³/mol. The van der Waals surface area contributed by atoms with Gasteiger partial charge in [-0.05, 0) is 30.3 Å². The molecule has 0 aliphatic rings. The Morgan fingerprint density at radius 1 is 0.968 bits per heavy atom. The van der Waals surface area contributed by atoms with E-state index < -0.39 is 34.9 Å². The van der Waals surface area contributed by atoms with Crippen molar-refractivity contribution in [3.05, 3.63) is 94.0 Å². The van der Waals surface area contributed by atoms with Crippen LogP contribution in [0.1, 0.15) is 10.4 Å². The summed E-state index contributed by atoms with van der Waals surface area (Å²) in [7, 11) is 0. The van der Waals surface area contributed by atoms with Crippen LogP contribution < -0.4 is 15.4 Å². The molecular formula is C21H15F2N3O5. The van der Waals surface area contributed by atoms with Crippen LogP contribution in [0.15, 0.2) is 66.7 Å². The van der Waals surface area contributed by atoms with Gasteiger partial charge in [-0.1, -0.05) is 18.2 Å². The number of rotatable bonds is 7. The lowest BCUT2D eigenvalue weighted by molar-refractivity contribution is -0.384. The van der Waals surface area contributed by atoms with Gasteiger partial charge < -0.3 is 15.4 Å². The molecule has 0 atom stereocenters. The van der Waals surface area contributed by atoms with Gasteiger partial charge in [0.25, 0.3) is 11.6 Å². The third-order valence-electron chi connectivity index (χ3n) is 4.00. The van der Waals surface area contributed by atoms with Crippen LogP contribution >= 0.6 is 0 Å². The van der Waals surface area contributed by atoms with Crippen molar-refractivity contribution in [3.8, 4) is 11.5 Å². The normalized spacial score (nSPS) is 10.3. The van der Waals surface area contributed by atoms with Crippen molar-refractivity contribution in [2.75, 3.05) is 11.9 Å². The van der Waals surface area contributed by atoms with Gasteiger partial charge in [-0.3, -0.25) is 19.7 Å². The van der Waals surface area contributed by atoms with Gasteiger partial charge in [0.2, 0.25) is 5.91 Å². The van der Waals surface area contributed by atoms with E-state index in [1.54, 1.807) is 30.3 Å². The Bertz CT molecular complexity index is 1140. The summed E-state index contributed by atoms with van der Waals surface area (Å²) >= 11 is 0. The first kappa shape index (κ1) is 21.4. The Labute approximate surface area is 174 Å². The van der Waals surface area contributed by atoms with Crippen LogP contribution in [0.3, 0.4) is 0 Å². The average Bonchev–Trinajstić information content (AvgIpc) is 2.75. The van der Waals surface area contributed by atoms with Crippen LogP contribution in [0.5, 0.6) is 11.5 Å². The number of ether oxygens (including phenoxy) is 1. The third-order valence-corrected chi connectivity index (χ3v) is 4.00. The topological polar surface area (TPSA) is 111 Å². The molecule has 31 heavy (non-hydrogen) atoms. The molecule has 0 unspecified atom stereocenters. The number of amides is 2. The second-order valence-electron chi connectivity index (χ2n) is 6.21. The first-order valence-corrected chi connectivity index (χ1v) is 8.88. The second-order valence-corrected chi connectivity index (χ2v) is 6.21. The van der Waals surface area contributed by atoms with Crippen LogP contribution in [-0.2, 0) is 4.79 Å². The minimum Gasteiger partial charge on any atom is -0.457 e. The largest absolute Gasteiger partial charge is 0.457 e. The van der Waals surface area contributed by atoms with E-state index in [1.807, 2.05) is 0 Å². The number of anilines is 1. The summed E-state index contributed by atoms with van der Waals surface area (Å²) in [6, 6.07) is 14.8. The third kappa shape index (κ3) is 5.60. The van der Waals surface area contributed by atoms with Gasteiger partial charge in [0.05, 0.1) is 17.0 Å². The number of nitrogens with zero attached hydrogens (tertiary/aromatic N) is 1. The van der Waals surface area contributed by atoms with Crippen molar-refractivity contribution in [1.82, 2.24) is 5.32 Å². The first-order valence-electron chi connectivity index (χ1n) is 8.88. The molecule has 0 bridgehead atoms. The molecule has 0 aromatic heterocycles. The summed E-state index contributed by atoms with van der Waals surface area (Å²) in [5.74, 6) is -3.26. The lowest BCUT2D eigenvalue weighted by Crippen LogP contribution is -2.33. The molecule has 8 nitrogen and oxygen atoms in total. The number of carbonyl (C=O) groups is 2. The molecule has 0 aliphatic heterocycles. The molecule has 2 amide bonds. The maximum atomic E-state index is 13.2. The van der Waals surface area contributed by atoms with Gasteiger partial charge in [0.15, 0.2) is 11.6 Å².